The number of aromatic nitrogens is 1. The molecule has 0 unspecified atom stereocenters. The third kappa shape index (κ3) is 2.54. The van der Waals surface area contributed by atoms with Crippen molar-refractivity contribution in [3.8, 4) is 11.1 Å². The fourth-order valence-corrected chi connectivity index (χ4v) is 2.74. The van der Waals surface area contributed by atoms with Gasteiger partial charge >= 0.3 is 5.97 Å². The second-order valence-corrected chi connectivity index (χ2v) is 5.32. The van der Waals surface area contributed by atoms with E-state index in [0.29, 0.717) is 22.5 Å². The van der Waals surface area contributed by atoms with Crippen molar-refractivity contribution < 1.29 is 22.7 Å². The summed E-state index contributed by atoms with van der Waals surface area (Å²) >= 11 is 0. The van der Waals surface area contributed by atoms with E-state index in [9.17, 15) is 18.0 Å². The maximum absolute atomic E-state index is 14.1. The normalized spacial score (nSPS) is 11.0. The number of hydrogen-bond acceptors (Lipinski definition) is 2. The van der Waals surface area contributed by atoms with E-state index in [-0.39, 0.29) is 23.4 Å². The fraction of sp³-hybridized carbons (Fsp3) is 0.167. The first kappa shape index (κ1) is 16.1. The summed E-state index contributed by atoms with van der Waals surface area (Å²) in [6, 6.07) is 6.32. The molecule has 1 heterocycles. The molecular weight excluding hydrogens is 319 g/mol. The van der Waals surface area contributed by atoms with Gasteiger partial charge in [0.15, 0.2) is 11.6 Å². The van der Waals surface area contributed by atoms with Crippen LogP contribution < -0.4 is 0 Å². The van der Waals surface area contributed by atoms with Crippen molar-refractivity contribution in [1.82, 2.24) is 4.98 Å². The minimum absolute atomic E-state index is 0.213. The topological polar surface area (TPSA) is 42.1 Å². The number of aryl methyl sites for hydroxylation is 1. The number of H-pyrrole nitrogens is 1. The molecule has 0 amide bonds. The third-order valence-corrected chi connectivity index (χ3v) is 3.86. The van der Waals surface area contributed by atoms with E-state index in [1.54, 1.807) is 26.0 Å². The molecule has 1 N–H and O–H groups in total. The molecular formula is C18H14F3NO2. The molecule has 3 rings (SSSR count). The first-order chi connectivity index (χ1) is 11.4. The molecule has 24 heavy (non-hydrogen) atoms. The molecule has 0 bridgehead atoms. The lowest BCUT2D eigenvalue weighted by molar-refractivity contribution is 0.0520. The maximum atomic E-state index is 14.1. The number of halogens is 3. The van der Waals surface area contributed by atoms with E-state index in [2.05, 4.69) is 4.98 Å². The van der Waals surface area contributed by atoms with E-state index in [4.69, 9.17) is 4.74 Å². The molecule has 0 saturated heterocycles. The van der Waals surface area contributed by atoms with Crippen LogP contribution in [-0.2, 0) is 4.74 Å². The number of esters is 1. The summed E-state index contributed by atoms with van der Waals surface area (Å²) in [5.74, 6) is -3.83. The standard InChI is InChI=1S/C18H14F3NO2/c1-3-24-18(23)16-9(2)11-5-4-6-12(17(11)22-16)13-7-10(19)8-14(20)15(13)21/h4-8,22H,3H2,1-2H3. The Bertz CT molecular complexity index is 947. The van der Waals surface area contributed by atoms with Crippen LogP contribution >= 0.6 is 0 Å². The van der Waals surface area contributed by atoms with Crippen molar-refractivity contribution >= 4 is 16.9 Å². The monoisotopic (exact) mass is 333 g/mol. The van der Waals surface area contributed by atoms with Gasteiger partial charge in [-0.25, -0.2) is 18.0 Å². The van der Waals surface area contributed by atoms with Gasteiger partial charge in [0, 0.05) is 22.6 Å². The number of fused-ring (bicyclic) bond motifs is 1. The fourth-order valence-electron chi connectivity index (χ4n) is 2.74. The second-order valence-electron chi connectivity index (χ2n) is 5.32. The Kier molecular flexibility index (Phi) is 4.05. The maximum Gasteiger partial charge on any atom is 0.355 e. The van der Waals surface area contributed by atoms with Gasteiger partial charge in [-0.05, 0) is 25.5 Å². The zero-order chi connectivity index (χ0) is 17.4. The Morgan fingerprint density at radius 2 is 1.92 bits per heavy atom. The van der Waals surface area contributed by atoms with Crippen molar-refractivity contribution in [3.05, 3.63) is 59.0 Å². The van der Waals surface area contributed by atoms with E-state index in [1.165, 1.54) is 6.07 Å². The lowest BCUT2D eigenvalue weighted by Gasteiger charge is -2.06. The van der Waals surface area contributed by atoms with Gasteiger partial charge in [0.05, 0.1) is 12.1 Å². The van der Waals surface area contributed by atoms with E-state index >= 15 is 0 Å². The van der Waals surface area contributed by atoms with Crippen molar-refractivity contribution in [2.45, 2.75) is 13.8 Å². The van der Waals surface area contributed by atoms with Crippen molar-refractivity contribution in [1.29, 1.82) is 0 Å². The van der Waals surface area contributed by atoms with Gasteiger partial charge in [0.25, 0.3) is 0 Å². The van der Waals surface area contributed by atoms with Gasteiger partial charge in [-0.2, -0.15) is 0 Å². The van der Waals surface area contributed by atoms with E-state index in [0.717, 1.165) is 6.07 Å². The molecule has 1 aromatic heterocycles. The molecule has 0 saturated carbocycles. The van der Waals surface area contributed by atoms with Gasteiger partial charge in [0.2, 0.25) is 0 Å². The van der Waals surface area contributed by atoms with Gasteiger partial charge in [-0.15, -0.1) is 0 Å². The molecule has 0 aliphatic heterocycles. The minimum atomic E-state index is -1.27. The van der Waals surface area contributed by atoms with Crippen LogP contribution in [0.5, 0.6) is 0 Å². The molecule has 0 radical (unpaired) electrons. The molecule has 0 spiro atoms. The Balaban J connectivity index is 2.28. The van der Waals surface area contributed by atoms with Crippen molar-refractivity contribution in [2.75, 3.05) is 6.61 Å². The Labute approximate surface area is 136 Å². The minimum Gasteiger partial charge on any atom is -0.461 e. The predicted molar refractivity (Wildman–Crippen MR) is 84.3 cm³/mol. The number of nitrogens with one attached hydrogen (secondary N) is 1. The average molecular weight is 333 g/mol. The number of rotatable bonds is 3. The number of carbonyl (C=O) groups excluding carboxylic acids is 1. The number of hydrogen-bond donors (Lipinski definition) is 1. The number of ether oxygens (including phenoxy) is 1. The Hall–Kier alpha value is -2.76. The van der Waals surface area contributed by atoms with Gasteiger partial charge < -0.3 is 9.72 Å². The van der Waals surface area contributed by atoms with Crippen LogP contribution in [-0.4, -0.2) is 17.6 Å². The zero-order valence-electron chi connectivity index (χ0n) is 13.0. The van der Waals surface area contributed by atoms with Crippen LogP contribution in [0.2, 0.25) is 0 Å². The smallest absolute Gasteiger partial charge is 0.355 e. The summed E-state index contributed by atoms with van der Waals surface area (Å²) in [6.45, 7) is 3.62. The molecule has 3 aromatic rings. The largest absolute Gasteiger partial charge is 0.461 e. The average Bonchev–Trinajstić information content (AvgIpc) is 2.88. The van der Waals surface area contributed by atoms with Crippen molar-refractivity contribution in [3.63, 3.8) is 0 Å². The highest BCUT2D eigenvalue weighted by Gasteiger charge is 2.20. The van der Waals surface area contributed by atoms with Crippen LogP contribution in [0.4, 0.5) is 13.2 Å². The summed E-state index contributed by atoms with van der Waals surface area (Å²) in [5, 5.41) is 0.652. The Morgan fingerprint density at radius 1 is 1.17 bits per heavy atom. The molecule has 6 heteroatoms. The third-order valence-electron chi connectivity index (χ3n) is 3.86. The SMILES string of the molecule is CCOC(=O)c1[nH]c2c(-c3cc(F)cc(F)c3F)cccc2c1C. The van der Waals surface area contributed by atoms with Crippen LogP contribution in [0.3, 0.4) is 0 Å². The van der Waals surface area contributed by atoms with Crippen LogP contribution in [0.15, 0.2) is 30.3 Å². The first-order valence-corrected chi connectivity index (χ1v) is 7.37. The molecule has 3 nitrogen and oxygen atoms in total. The summed E-state index contributed by atoms with van der Waals surface area (Å²) in [6.07, 6.45) is 0. The highest BCUT2D eigenvalue weighted by Crippen LogP contribution is 2.34. The summed E-state index contributed by atoms with van der Waals surface area (Å²) in [4.78, 5) is 14.9. The van der Waals surface area contributed by atoms with Gasteiger partial charge in [0.1, 0.15) is 11.5 Å². The highest BCUT2D eigenvalue weighted by atomic mass is 19.2. The summed E-state index contributed by atoms with van der Waals surface area (Å²) < 4.78 is 46.2. The summed E-state index contributed by atoms with van der Waals surface area (Å²) in [5.41, 5.74) is 1.33. The number of para-hydroxylation sites is 1. The Morgan fingerprint density at radius 3 is 2.62 bits per heavy atom. The summed E-state index contributed by atoms with van der Waals surface area (Å²) in [7, 11) is 0. The molecule has 0 aliphatic carbocycles. The highest BCUT2D eigenvalue weighted by molar-refractivity contribution is 6.03. The van der Waals surface area contributed by atoms with Crippen LogP contribution in [0.1, 0.15) is 23.0 Å². The van der Waals surface area contributed by atoms with E-state index in [1.807, 2.05) is 0 Å². The number of benzene rings is 2. The quantitative estimate of drug-likeness (QED) is 0.556. The van der Waals surface area contributed by atoms with E-state index < -0.39 is 23.4 Å². The molecule has 2 aromatic carbocycles. The van der Waals surface area contributed by atoms with Gasteiger partial charge in [-0.1, -0.05) is 18.2 Å². The molecule has 124 valence electrons. The molecule has 0 fully saturated rings. The number of aromatic amines is 1. The van der Waals surface area contributed by atoms with Crippen LogP contribution in [0, 0.1) is 24.4 Å². The molecule has 0 aliphatic rings. The first-order valence-electron chi connectivity index (χ1n) is 7.37. The van der Waals surface area contributed by atoms with Gasteiger partial charge in [-0.3, -0.25) is 0 Å². The van der Waals surface area contributed by atoms with Crippen molar-refractivity contribution in [2.24, 2.45) is 0 Å². The zero-order valence-corrected chi connectivity index (χ0v) is 13.0. The number of carbonyl (C=O) groups is 1. The predicted octanol–water partition coefficient (Wildman–Crippen LogP) is 4.74. The molecule has 0 atom stereocenters. The lowest BCUT2D eigenvalue weighted by atomic mass is 10.0. The lowest BCUT2D eigenvalue weighted by Crippen LogP contribution is -2.06. The van der Waals surface area contributed by atoms with Crippen LogP contribution in [0.25, 0.3) is 22.0 Å². The second kappa shape index (κ2) is 6.03.